The number of aromatic nitrogens is 2. The van der Waals surface area contributed by atoms with E-state index in [-0.39, 0.29) is 0 Å². The highest BCUT2D eigenvalue weighted by molar-refractivity contribution is 5.38. The zero-order valence-corrected chi connectivity index (χ0v) is 22.9. The lowest BCUT2D eigenvalue weighted by Gasteiger charge is -2.52. The van der Waals surface area contributed by atoms with Crippen molar-refractivity contribution in [2.75, 3.05) is 31.6 Å². The van der Waals surface area contributed by atoms with Crippen molar-refractivity contribution < 1.29 is 9.13 Å². The first-order chi connectivity index (χ1) is 17.3. The number of likely N-dealkylation sites (tertiary alicyclic amines) is 1. The van der Waals surface area contributed by atoms with Crippen LogP contribution < -0.4 is 10.1 Å². The molecule has 1 N–H and O–H groups in total. The first-order valence-corrected chi connectivity index (χ1v) is 13.3. The smallest absolute Gasteiger partial charge is 0.233 e. The molecule has 2 heterocycles. The Balaban J connectivity index is 1.79. The van der Waals surface area contributed by atoms with Gasteiger partial charge in [-0.25, -0.2) is 4.39 Å². The largest absolute Gasteiger partial charge is 0.472 e. The molecule has 1 aliphatic rings. The van der Waals surface area contributed by atoms with Crippen LogP contribution in [0.3, 0.4) is 0 Å². The normalized spacial score (nSPS) is 16.9. The average molecular weight is 497 g/mol. The predicted octanol–water partition coefficient (Wildman–Crippen LogP) is 7.44. The molecule has 1 aliphatic heterocycles. The summed E-state index contributed by atoms with van der Waals surface area (Å²) in [6.07, 6.45) is 16.6. The van der Waals surface area contributed by atoms with Gasteiger partial charge < -0.3 is 15.0 Å². The minimum absolute atomic E-state index is 0.363. The van der Waals surface area contributed by atoms with E-state index in [1.165, 1.54) is 25.7 Å². The van der Waals surface area contributed by atoms with Gasteiger partial charge in [-0.1, -0.05) is 63.6 Å². The van der Waals surface area contributed by atoms with Crippen LogP contribution in [0.25, 0.3) is 0 Å². The molecule has 198 valence electrons. The van der Waals surface area contributed by atoms with Crippen molar-refractivity contribution in [1.82, 2.24) is 15.1 Å². The molecule has 5 nitrogen and oxygen atoms in total. The molecular weight excluding hydrogens is 451 g/mol. The number of alkyl halides is 1. The topological polar surface area (TPSA) is 50.3 Å². The Morgan fingerprint density at radius 3 is 2.36 bits per heavy atom. The maximum Gasteiger partial charge on any atom is 0.233 e. The number of hydrogen-bond acceptors (Lipinski definition) is 5. The third kappa shape index (κ3) is 9.63. The summed E-state index contributed by atoms with van der Waals surface area (Å²) in [4.78, 5) is 2.39. The van der Waals surface area contributed by atoms with Crippen molar-refractivity contribution in [2.45, 2.75) is 72.9 Å². The SMILES string of the molecule is C=C(/C=C\C(=C/C)CNc1ccc(OCC(/C=C\CC(C)F)=C/C)nn1)N1CC(CCC)(CCC)C1. The maximum absolute atomic E-state index is 12.9. The highest BCUT2D eigenvalue weighted by Gasteiger charge is 2.41. The second-order valence-electron chi connectivity index (χ2n) is 9.73. The Labute approximate surface area is 217 Å². The molecule has 0 saturated carbocycles. The Hall–Kier alpha value is -2.89. The van der Waals surface area contributed by atoms with Gasteiger partial charge in [-0.05, 0) is 63.3 Å². The maximum atomic E-state index is 12.9. The van der Waals surface area contributed by atoms with E-state index < -0.39 is 6.17 Å². The van der Waals surface area contributed by atoms with Crippen molar-refractivity contribution in [3.8, 4) is 5.88 Å². The average Bonchev–Trinajstić information content (AvgIpc) is 2.84. The van der Waals surface area contributed by atoms with Crippen LogP contribution in [0.15, 0.2) is 72.0 Å². The van der Waals surface area contributed by atoms with Gasteiger partial charge in [-0.2, -0.15) is 0 Å². The molecule has 0 bridgehead atoms. The lowest BCUT2D eigenvalue weighted by molar-refractivity contribution is 0.0152. The standard InChI is InChI=1S/C30H45FN4O/c1-7-18-30(19-8-2)22-35(23-30)25(6)14-15-26(9-3)20-32-28-16-17-29(34-33-28)36-21-27(10-4)13-11-12-24(5)31/h9-11,13-17,24H,6-8,12,18-23H2,1-5H3,(H,32,33)/b13-11-,15-14-,26-9+,27-10+. The van der Waals surface area contributed by atoms with Crippen molar-refractivity contribution in [1.29, 1.82) is 0 Å². The molecule has 1 aromatic rings. The molecule has 0 aromatic carbocycles. The zero-order chi connectivity index (χ0) is 26.4. The molecule has 6 heteroatoms. The lowest BCUT2D eigenvalue weighted by atomic mass is 9.72. The minimum atomic E-state index is -0.847. The summed E-state index contributed by atoms with van der Waals surface area (Å²) in [5.41, 5.74) is 3.68. The van der Waals surface area contributed by atoms with Crippen molar-refractivity contribution >= 4 is 5.82 Å². The van der Waals surface area contributed by atoms with Crippen molar-refractivity contribution in [3.05, 3.63) is 72.0 Å². The molecule has 1 atom stereocenters. The van der Waals surface area contributed by atoms with Gasteiger partial charge in [0, 0.05) is 36.8 Å². The fourth-order valence-electron chi connectivity index (χ4n) is 4.51. The Bertz CT molecular complexity index is 917. The summed E-state index contributed by atoms with van der Waals surface area (Å²) in [7, 11) is 0. The molecule has 0 amide bonds. The molecule has 1 unspecified atom stereocenters. The fraction of sp³-hybridized carbons (Fsp3) is 0.533. The van der Waals surface area contributed by atoms with Crippen molar-refractivity contribution in [3.63, 3.8) is 0 Å². The number of anilines is 1. The minimum Gasteiger partial charge on any atom is -0.472 e. The Morgan fingerprint density at radius 2 is 1.81 bits per heavy atom. The van der Waals surface area contributed by atoms with E-state index in [4.69, 9.17) is 4.74 Å². The van der Waals surface area contributed by atoms with Crippen LogP contribution in [0.1, 0.15) is 66.7 Å². The second kappa shape index (κ2) is 15.3. The van der Waals surface area contributed by atoms with E-state index in [0.717, 1.165) is 29.9 Å². The third-order valence-corrected chi connectivity index (χ3v) is 6.54. The second-order valence-corrected chi connectivity index (χ2v) is 9.73. The molecular formula is C30H45FN4O. The molecule has 0 spiro atoms. The first-order valence-electron chi connectivity index (χ1n) is 13.3. The number of nitrogens with zero attached hydrogens (tertiary/aromatic N) is 3. The molecule has 1 aromatic heterocycles. The van der Waals surface area contributed by atoms with Crippen LogP contribution in [-0.2, 0) is 0 Å². The summed E-state index contributed by atoms with van der Waals surface area (Å²) in [5, 5.41) is 11.7. The van der Waals surface area contributed by atoms with E-state index in [2.05, 4.69) is 59.1 Å². The molecule has 0 aliphatic carbocycles. The first kappa shape index (κ1) is 29.3. The summed E-state index contributed by atoms with van der Waals surface area (Å²) in [6.45, 7) is 17.6. The van der Waals surface area contributed by atoms with Gasteiger partial charge in [0.25, 0.3) is 0 Å². The van der Waals surface area contributed by atoms with Gasteiger partial charge in [0.1, 0.15) is 18.6 Å². The number of hydrogen-bond donors (Lipinski definition) is 1. The molecule has 2 rings (SSSR count). The van der Waals surface area contributed by atoms with E-state index >= 15 is 0 Å². The van der Waals surface area contributed by atoms with Gasteiger partial charge in [-0.3, -0.25) is 0 Å². The predicted molar refractivity (Wildman–Crippen MR) is 150 cm³/mol. The van der Waals surface area contributed by atoms with Crippen molar-refractivity contribution in [2.24, 2.45) is 5.41 Å². The summed E-state index contributed by atoms with van der Waals surface area (Å²) in [6, 6.07) is 3.65. The van der Waals surface area contributed by atoms with Crippen LogP contribution in [0.5, 0.6) is 5.88 Å². The van der Waals surface area contributed by atoms with Gasteiger partial charge >= 0.3 is 0 Å². The fourth-order valence-corrected chi connectivity index (χ4v) is 4.51. The Morgan fingerprint density at radius 1 is 1.11 bits per heavy atom. The van der Waals surface area contributed by atoms with Gasteiger partial charge in [0.15, 0.2) is 0 Å². The highest BCUT2D eigenvalue weighted by atomic mass is 19.1. The number of allylic oxidation sites excluding steroid dienone is 4. The van der Waals surface area contributed by atoms with E-state index in [9.17, 15) is 4.39 Å². The molecule has 36 heavy (non-hydrogen) atoms. The third-order valence-electron chi connectivity index (χ3n) is 6.54. The summed E-state index contributed by atoms with van der Waals surface area (Å²) < 4.78 is 18.7. The van der Waals surface area contributed by atoms with E-state index in [1.54, 1.807) is 13.0 Å². The molecule has 1 fully saturated rings. The molecule has 1 saturated heterocycles. The van der Waals surface area contributed by atoms with Gasteiger partial charge in [-0.15, -0.1) is 10.2 Å². The lowest BCUT2D eigenvalue weighted by Crippen LogP contribution is -2.55. The van der Waals surface area contributed by atoms with Crippen LogP contribution >= 0.6 is 0 Å². The van der Waals surface area contributed by atoms with E-state index in [0.29, 0.717) is 36.7 Å². The van der Waals surface area contributed by atoms with Crippen LogP contribution in [-0.4, -0.2) is 47.5 Å². The van der Waals surface area contributed by atoms with Crippen LogP contribution in [0.2, 0.25) is 0 Å². The summed E-state index contributed by atoms with van der Waals surface area (Å²) >= 11 is 0. The number of nitrogens with one attached hydrogen (secondary N) is 1. The van der Waals surface area contributed by atoms with Crippen LogP contribution in [0, 0.1) is 5.41 Å². The van der Waals surface area contributed by atoms with Gasteiger partial charge in [0.2, 0.25) is 5.88 Å². The van der Waals surface area contributed by atoms with E-state index in [1.807, 2.05) is 38.1 Å². The zero-order valence-electron chi connectivity index (χ0n) is 22.9. The van der Waals surface area contributed by atoms with Gasteiger partial charge in [0.05, 0.1) is 0 Å². The number of rotatable bonds is 16. The quantitative estimate of drug-likeness (QED) is 0.241. The number of ether oxygens (including phenoxy) is 1. The monoisotopic (exact) mass is 496 g/mol. The molecule has 0 radical (unpaired) electrons. The Kier molecular flexibility index (Phi) is 12.4. The highest BCUT2D eigenvalue weighted by Crippen LogP contribution is 2.41. The summed E-state index contributed by atoms with van der Waals surface area (Å²) in [5.74, 6) is 1.13. The number of halogens is 1. The van der Waals surface area contributed by atoms with Crippen LogP contribution in [0.4, 0.5) is 10.2 Å².